The second kappa shape index (κ2) is 3.84. The lowest BCUT2D eigenvalue weighted by atomic mass is 9.97. The lowest BCUT2D eigenvalue weighted by Gasteiger charge is -2.26. The van der Waals surface area contributed by atoms with E-state index in [1.165, 1.54) is 4.31 Å². The monoisotopic (exact) mass is 270 g/mol. The van der Waals surface area contributed by atoms with E-state index in [-0.39, 0.29) is 5.41 Å². The number of halogens is 1. The molecule has 0 aromatic carbocycles. The molecule has 0 spiro atoms. The Morgan fingerprint density at radius 2 is 2.15 bits per heavy atom. The maximum atomic E-state index is 11.4. The molecule has 0 saturated carbocycles. The maximum Gasteiger partial charge on any atom is 0.279 e. The van der Waals surface area contributed by atoms with E-state index in [0.717, 1.165) is 5.33 Å². The van der Waals surface area contributed by atoms with E-state index in [9.17, 15) is 8.42 Å². The number of hydrogen-bond donors (Lipinski definition) is 1. The molecule has 0 aromatic heterocycles. The zero-order chi connectivity index (χ0) is 10.1. The van der Waals surface area contributed by atoms with Crippen molar-refractivity contribution in [1.82, 2.24) is 9.03 Å². The van der Waals surface area contributed by atoms with Crippen LogP contribution < -0.4 is 4.72 Å². The summed E-state index contributed by atoms with van der Waals surface area (Å²) < 4.78 is 26.7. The van der Waals surface area contributed by atoms with Gasteiger partial charge in [-0.1, -0.05) is 29.8 Å². The van der Waals surface area contributed by atoms with Crippen LogP contribution in [0.4, 0.5) is 0 Å². The van der Waals surface area contributed by atoms with Gasteiger partial charge in [0, 0.05) is 25.0 Å². The second-order valence-electron chi connectivity index (χ2n) is 4.03. The number of rotatable bonds is 3. The molecule has 0 aromatic rings. The summed E-state index contributed by atoms with van der Waals surface area (Å²) in [4.78, 5) is 0. The molecule has 1 aliphatic rings. The third-order valence-corrected chi connectivity index (χ3v) is 5.03. The van der Waals surface area contributed by atoms with Gasteiger partial charge in [-0.2, -0.15) is 12.7 Å². The molecular weight excluding hydrogens is 256 g/mol. The highest BCUT2D eigenvalue weighted by molar-refractivity contribution is 9.09. The first-order valence-corrected chi connectivity index (χ1v) is 6.74. The van der Waals surface area contributed by atoms with Gasteiger partial charge >= 0.3 is 0 Å². The van der Waals surface area contributed by atoms with Gasteiger partial charge in [0.15, 0.2) is 0 Å². The summed E-state index contributed by atoms with van der Waals surface area (Å²) in [6.45, 7) is 5.75. The number of nitrogens with zero attached hydrogens (tertiary/aromatic N) is 1. The summed E-state index contributed by atoms with van der Waals surface area (Å²) in [6.07, 6.45) is 0. The van der Waals surface area contributed by atoms with Crippen LogP contribution in [0.2, 0.25) is 0 Å². The van der Waals surface area contributed by atoms with E-state index < -0.39 is 10.2 Å². The van der Waals surface area contributed by atoms with Crippen molar-refractivity contribution in [2.75, 3.05) is 25.0 Å². The van der Waals surface area contributed by atoms with Gasteiger partial charge in [0.2, 0.25) is 0 Å². The fourth-order valence-electron chi connectivity index (χ4n) is 1.19. The fourth-order valence-corrected chi connectivity index (χ4v) is 2.75. The SMILES string of the molecule is CC(C)(CBr)CN1CCNS1(=O)=O. The first kappa shape index (κ1) is 11.4. The average Bonchev–Trinajstić information content (AvgIpc) is 2.31. The molecule has 78 valence electrons. The molecule has 1 fully saturated rings. The van der Waals surface area contributed by atoms with Crippen LogP contribution in [0.1, 0.15) is 13.8 Å². The lowest BCUT2D eigenvalue weighted by Crippen LogP contribution is -2.38. The third-order valence-electron chi connectivity index (χ3n) is 1.95. The topological polar surface area (TPSA) is 49.4 Å². The molecule has 1 rings (SSSR count). The standard InChI is InChI=1S/C7H15BrN2O2S/c1-7(2,5-8)6-10-4-3-9-13(10,11)12/h9H,3-6H2,1-2H3. The van der Waals surface area contributed by atoms with Crippen LogP contribution >= 0.6 is 15.9 Å². The van der Waals surface area contributed by atoms with E-state index >= 15 is 0 Å². The smallest absolute Gasteiger partial charge is 0.201 e. The van der Waals surface area contributed by atoms with Crippen molar-refractivity contribution in [3.05, 3.63) is 0 Å². The molecule has 6 heteroatoms. The van der Waals surface area contributed by atoms with Crippen LogP contribution in [0.15, 0.2) is 0 Å². The molecule has 0 bridgehead atoms. The minimum Gasteiger partial charge on any atom is -0.201 e. The Hall–Kier alpha value is 0.350. The average molecular weight is 271 g/mol. The van der Waals surface area contributed by atoms with Crippen LogP contribution in [0.5, 0.6) is 0 Å². The van der Waals surface area contributed by atoms with Crippen molar-refractivity contribution in [2.24, 2.45) is 5.41 Å². The summed E-state index contributed by atoms with van der Waals surface area (Å²) in [5.41, 5.74) is -0.0148. The Morgan fingerprint density at radius 3 is 2.54 bits per heavy atom. The van der Waals surface area contributed by atoms with Crippen molar-refractivity contribution < 1.29 is 8.42 Å². The fraction of sp³-hybridized carbons (Fsp3) is 1.00. The zero-order valence-corrected chi connectivity index (χ0v) is 10.3. The molecule has 0 amide bonds. The minimum atomic E-state index is -3.17. The molecule has 4 nitrogen and oxygen atoms in total. The van der Waals surface area contributed by atoms with Gasteiger partial charge in [0.05, 0.1) is 0 Å². The summed E-state index contributed by atoms with van der Waals surface area (Å²) in [5.74, 6) is 0. The highest BCUT2D eigenvalue weighted by atomic mass is 79.9. The van der Waals surface area contributed by atoms with Crippen molar-refractivity contribution in [1.29, 1.82) is 0 Å². The van der Waals surface area contributed by atoms with E-state index in [0.29, 0.717) is 19.6 Å². The zero-order valence-electron chi connectivity index (χ0n) is 7.88. The molecule has 1 saturated heterocycles. The van der Waals surface area contributed by atoms with Gasteiger partial charge in [-0.05, 0) is 5.41 Å². The normalized spacial score (nSPS) is 23.6. The molecule has 0 unspecified atom stereocenters. The number of nitrogens with one attached hydrogen (secondary N) is 1. The Labute approximate surface area is 88.0 Å². The van der Waals surface area contributed by atoms with Gasteiger partial charge in [0.25, 0.3) is 10.2 Å². The largest absolute Gasteiger partial charge is 0.279 e. The summed E-state index contributed by atoms with van der Waals surface area (Å²) >= 11 is 3.37. The Kier molecular flexibility index (Phi) is 3.38. The highest BCUT2D eigenvalue weighted by Crippen LogP contribution is 2.21. The van der Waals surface area contributed by atoms with Crippen LogP contribution in [0, 0.1) is 5.41 Å². The Morgan fingerprint density at radius 1 is 1.54 bits per heavy atom. The van der Waals surface area contributed by atoms with E-state index in [2.05, 4.69) is 20.7 Å². The van der Waals surface area contributed by atoms with Crippen molar-refractivity contribution in [3.8, 4) is 0 Å². The summed E-state index contributed by atoms with van der Waals surface area (Å²) in [7, 11) is -3.17. The highest BCUT2D eigenvalue weighted by Gasteiger charge is 2.32. The molecule has 1 N–H and O–H groups in total. The molecule has 13 heavy (non-hydrogen) atoms. The van der Waals surface area contributed by atoms with Crippen molar-refractivity contribution in [3.63, 3.8) is 0 Å². The number of hydrogen-bond acceptors (Lipinski definition) is 2. The van der Waals surface area contributed by atoms with E-state index in [1.807, 2.05) is 13.8 Å². The van der Waals surface area contributed by atoms with Gasteiger partial charge in [-0.3, -0.25) is 0 Å². The molecule has 0 atom stereocenters. The predicted molar refractivity (Wildman–Crippen MR) is 56.1 cm³/mol. The van der Waals surface area contributed by atoms with Crippen LogP contribution in [0.25, 0.3) is 0 Å². The second-order valence-corrected chi connectivity index (χ2v) is 6.35. The summed E-state index contributed by atoms with van der Waals surface area (Å²) in [5, 5.41) is 0.798. The van der Waals surface area contributed by atoms with Crippen molar-refractivity contribution in [2.45, 2.75) is 13.8 Å². The molecule has 1 aliphatic heterocycles. The van der Waals surface area contributed by atoms with Gasteiger partial charge in [0.1, 0.15) is 0 Å². The van der Waals surface area contributed by atoms with Gasteiger partial charge in [-0.15, -0.1) is 0 Å². The summed E-state index contributed by atoms with van der Waals surface area (Å²) in [6, 6.07) is 0. The number of alkyl halides is 1. The van der Waals surface area contributed by atoms with Gasteiger partial charge in [-0.25, -0.2) is 4.72 Å². The van der Waals surface area contributed by atoms with Crippen LogP contribution in [0.3, 0.4) is 0 Å². The van der Waals surface area contributed by atoms with Crippen LogP contribution in [-0.4, -0.2) is 37.7 Å². The van der Waals surface area contributed by atoms with Crippen LogP contribution in [-0.2, 0) is 10.2 Å². The molecule has 0 radical (unpaired) electrons. The maximum absolute atomic E-state index is 11.4. The Bertz CT molecular complexity index is 276. The van der Waals surface area contributed by atoms with Gasteiger partial charge < -0.3 is 0 Å². The first-order chi connectivity index (χ1) is 5.87. The van der Waals surface area contributed by atoms with E-state index in [1.54, 1.807) is 0 Å². The molecular formula is C7H15BrN2O2S. The lowest BCUT2D eigenvalue weighted by molar-refractivity contribution is 0.305. The minimum absolute atomic E-state index is 0.0148. The third kappa shape index (κ3) is 2.90. The van der Waals surface area contributed by atoms with E-state index in [4.69, 9.17) is 0 Å². The Balaban J connectivity index is 2.65. The molecule has 0 aliphatic carbocycles. The predicted octanol–water partition coefficient (Wildman–Crippen LogP) is 0.558. The quantitative estimate of drug-likeness (QED) is 0.762. The molecule has 1 heterocycles. The van der Waals surface area contributed by atoms with Crippen molar-refractivity contribution >= 4 is 26.1 Å². The first-order valence-electron chi connectivity index (χ1n) is 4.18.